The van der Waals surface area contributed by atoms with Crippen molar-refractivity contribution in [1.82, 2.24) is 10.3 Å². The zero-order valence-corrected chi connectivity index (χ0v) is 13.9. The van der Waals surface area contributed by atoms with Crippen molar-refractivity contribution in [2.24, 2.45) is 0 Å². The molecule has 0 bridgehead atoms. The van der Waals surface area contributed by atoms with Crippen LogP contribution in [-0.4, -0.2) is 31.1 Å². The Bertz CT molecular complexity index is 637. The zero-order chi connectivity index (χ0) is 16.7. The summed E-state index contributed by atoms with van der Waals surface area (Å²) >= 11 is 0. The van der Waals surface area contributed by atoms with Gasteiger partial charge in [-0.15, -0.1) is 0 Å². The van der Waals surface area contributed by atoms with Gasteiger partial charge in [0.05, 0.1) is 7.11 Å². The molecule has 0 aliphatic heterocycles. The second kappa shape index (κ2) is 8.17. The van der Waals surface area contributed by atoms with Gasteiger partial charge in [0.15, 0.2) is 0 Å². The molecule has 1 heterocycles. The summed E-state index contributed by atoms with van der Waals surface area (Å²) in [6, 6.07) is 11.4. The Labute approximate surface area is 137 Å². The first-order valence-electron chi connectivity index (χ1n) is 7.80. The molecule has 1 amide bonds. The van der Waals surface area contributed by atoms with E-state index in [1.54, 1.807) is 13.3 Å². The van der Waals surface area contributed by atoms with E-state index in [4.69, 9.17) is 4.74 Å². The van der Waals surface area contributed by atoms with Crippen LogP contribution in [-0.2, 0) is 6.54 Å². The van der Waals surface area contributed by atoms with Gasteiger partial charge >= 0.3 is 0 Å². The Kier molecular flexibility index (Phi) is 5.97. The number of hydrogen-bond acceptors (Lipinski definition) is 4. The van der Waals surface area contributed by atoms with E-state index in [2.05, 4.69) is 29.0 Å². The molecular weight excluding hydrogens is 290 g/mol. The van der Waals surface area contributed by atoms with E-state index in [0.29, 0.717) is 12.2 Å². The third kappa shape index (κ3) is 4.45. The molecular formula is C18H23N3O2. The molecule has 0 radical (unpaired) electrons. The Morgan fingerprint density at radius 1 is 1.17 bits per heavy atom. The summed E-state index contributed by atoms with van der Waals surface area (Å²) in [5.74, 6) is 0.628. The van der Waals surface area contributed by atoms with Crippen molar-refractivity contribution in [1.29, 1.82) is 0 Å². The quantitative estimate of drug-likeness (QED) is 0.854. The minimum Gasteiger partial charge on any atom is -0.497 e. The number of rotatable bonds is 7. The minimum atomic E-state index is -0.171. The highest BCUT2D eigenvalue weighted by Crippen LogP contribution is 2.14. The van der Waals surface area contributed by atoms with Gasteiger partial charge in [0, 0.05) is 31.5 Å². The maximum atomic E-state index is 12.3. The lowest BCUT2D eigenvalue weighted by Crippen LogP contribution is -2.25. The number of aromatic nitrogens is 1. The molecule has 0 spiro atoms. The lowest BCUT2D eigenvalue weighted by molar-refractivity contribution is 0.0946. The number of pyridine rings is 1. The normalized spacial score (nSPS) is 10.2. The summed E-state index contributed by atoms with van der Waals surface area (Å²) in [7, 11) is 1.63. The number of hydrogen-bond donors (Lipinski definition) is 1. The molecule has 1 aromatic heterocycles. The third-order valence-electron chi connectivity index (χ3n) is 3.72. The van der Waals surface area contributed by atoms with Crippen LogP contribution in [0.2, 0.25) is 0 Å². The number of anilines is 1. The number of methoxy groups -OCH3 is 1. The summed E-state index contributed by atoms with van der Waals surface area (Å²) in [4.78, 5) is 18.6. The molecule has 0 fully saturated rings. The molecule has 23 heavy (non-hydrogen) atoms. The molecule has 0 saturated carbocycles. The molecule has 0 aliphatic rings. The molecule has 122 valence electrons. The van der Waals surface area contributed by atoms with E-state index in [0.717, 1.165) is 30.1 Å². The number of ether oxygens (including phenoxy) is 1. The summed E-state index contributed by atoms with van der Waals surface area (Å²) in [6.07, 6.45) is 1.68. The van der Waals surface area contributed by atoms with Crippen molar-refractivity contribution >= 4 is 11.6 Å². The van der Waals surface area contributed by atoms with Crippen LogP contribution in [0, 0.1) is 0 Å². The van der Waals surface area contributed by atoms with Gasteiger partial charge in [0.2, 0.25) is 0 Å². The third-order valence-corrected chi connectivity index (χ3v) is 3.72. The second-order valence-electron chi connectivity index (χ2n) is 5.10. The molecule has 1 aromatic carbocycles. The van der Waals surface area contributed by atoms with Gasteiger partial charge < -0.3 is 15.0 Å². The average molecular weight is 313 g/mol. The molecule has 0 atom stereocenters. The zero-order valence-electron chi connectivity index (χ0n) is 13.9. The smallest absolute Gasteiger partial charge is 0.270 e. The van der Waals surface area contributed by atoms with Gasteiger partial charge in [-0.25, -0.2) is 0 Å². The fourth-order valence-corrected chi connectivity index (χ4v) is 2.35. The Hall–Kier alpha value is -2.56. The molecule has 5 nitrogen and oxygen atoms in total. The first-order chi connectivity index (χ1) is 11.2. The molecule has 0 aliphatic carbocycles. The van der Waals surface area contributed by atoms with E-state index < -0.39 is 0 Å². The van der Waals surface area contributed by atoms with Gasteiger partial charge in [-0.3, -0.25) is 9.78 Å². The predicted octanol–water partition coefficient (Wildman–Crippen LogP) is 2.87. The number of carbonyl (C=O) groups excluding carboxylic acids is 1. The van der Waals surface area contributed by atoms with Crippen LogP contribution in [0.15, 0.2) is 42.6 Å². The highest BCUT2D eigenvalue weighted by Gasteiger charge is 2.10. The Morgan fingerprint density at radius 2 is 1.87 bits per heavy atom. The molecule has 1 N–H and O–H groups in total. The van der Waals surface area contributed by atoms with Crippen LogP contribution >= 0.6 is 0 Å². The van der Waals surface area contributed by atoms with Crippen molar-refractivity contribution in [3.05, 3.63) is 53.9 Å². The van der Waals surface area contributed by atoms with Crippen molar-refractivity contribution in [2.45, 2.75) is 20.4 Å². The van der Waals surface area contributed by atoms with Gasteiger partial charge in [0.1, 0.15) is 11.4 Å². The summed E-state index contributed by atoms with van der Waals surface area (Å²) in [6.45, 7) is 6.43. The molecule has 0 unspecified atom stereocenters. The van der Waals surface area contributed by atoms with Gasteiger partial charge in [0.25, 0.3) is 5.91 Å². The van der Waals surface area contributed by atoms with Crippen molar-refractivity contribution < 1.29 is 9.53 Å². The van der Waals surface area contributed by atoms with Gasteiger partial charge in [-0.2, -0.15) is 0 Å². The van der Waals surface area contributed by atoms with Crippen LogP contribution < -0.4 is 15.0 Å². The number of nitrogens with one attached hydrogen (secondary N) is 1. The number of carbonyl (C=O) groups is 1. The van der Waals surface area contributed by atoms with E-state index in [1.807, 2.05) is 36.4 Å². The number of benzene rings is 1. The van der Waals surface area contributed by atoms with Crippen LogP contribution in [0.1, 0.15) is 29.9 Å². The largest absolute Gasteiger partial charge is 0.497 e. The molecule has 2 rings (SSSR count). The van der Waals surface area contributed by atoms with Crippen LogP contribution in [0.5, 0.6) is 5.75 Å². The molecule has 2 aromatic rings. The van der Waals surface area contributed by atoms with Crippen LogP contribution in [0.4, 0.5) is 5.69 Å². The van der Waals surface area contributed by atoms with Gasteiger partial charge in [-0.1, -0.05) is 12.1 Å². The standard InChI is InChI=1S/C18H23N3O2/c1-4-21(5-2)15-10-11-19-17(12-15)18(22)20-13-14-6-8-16(23-3)9-7-14/h6-12H,4-5,13H2,1-3H3,(H,20,22). The molecule has 0 saturated heterocycles. The Balaban J connectivity index is 2.01. The van der Waals surface area contributed by atoms with Gasteiger partial charge in [-0.05, 0) is 43.7 Å². The first-order valence-corrected chi connectivity index (χ1v) is 7.80. The van der Waals surface area contributed by atoms with Crippen molar-refractivity contribution in [2.75, 3.05) is 25.1 Å². The van der Waals surface area contributed by atoms with Crippen LogP contribution in [0.3, 0.4) is 0 Å². The SMILES string of the molecule is CCN(CC)c1ccnc(C(=O)NCc2ccc(OC)cc2)c1. The summed E-state index contributed by atoms with van der Waals surface area (Å²) < 4.78 is 5.12. The first kappa shape index (κ1) is 16.8. The fraction of sp³-hybridized carbons (Fsp3) is 0.333. The minimum absolute atomic E-state index is 0.171. The predicted molar refractivity (Wildman–Crippen MR) is 92.0 cm³/mol. The topological polar surface area (TPSA) is 54.5 Å². The Morgan fingerprint density at radius 3 is 2.48 bits per heavy atom. The number of amides is 1. The van der Waals surface area contributed by atoms with E-state index in [9.17, 15) is 4.79 Å². The van der Waals surface area contributed by atoms with E-state index in [-0.39, 0.29) is 5.91 Å². The highest BCUT2D eigenvalue weighted by atomic mass is 16.5. The van der Waals surface area contributed by atoms with E-state index in [1.165, 1.54) is 0 Å². The maximum Gasteiger partial charge on any atom is 0.270 e. The fourth-order valence-electron chi connectivity index (χ4n) is 2.35. The van der Waals surface area contributed by atoms with Crippen molar-refractivity contribution in [3.8, 4) is 5.75 Å². The average Bonchev–Trinajstić information content (AvgIpc) is 2.61. The second-order valence-corrected chi connectivity index (χ2v) is 5.10. The lowest BCUT2D eigenvalue weighted by atomic mass is 10.2. The van der Waals surface area contributed by atoms with E-state index >= 15 is 0 Å². The highest BCUT2D eigenvalue weighted by molar-refractivity contribution is 5.93. The lowest BCUT2D eigenvalue weighted by Gasteiger charge is -2.21. The summed E-state index contributed by atoms with van der Waals surface area (Å²) in [5.41, 5.74) is 2.46. The summed E-state index contributed by atoms with van der Waals surface area (Å²) in [5, 5.41) is 2.89. The van der Waals surface area contributed by atoms with Crippen molar-refractivity contribution in [3.63, 3.8) is 0 Å². The maximum absolute atomic E-state index is 12.3. The van der Waals surface area contributed by atoms with Crippen LogP contribution in [0.25, 0.3) is 0 Å². The molecule has 5 heteroatoms. The number of nitrogens with zero attached hydrogens (tertiary/aromatic N) is 2. The monoisotopic (exact) mass is 313 g/mol.